The molecule has 0 spiro atoms. The van der Waals surface area contributed by atoms with Crippen molar-refractivity contribution in [2.45, 2.75) is 37.5 Å². The van der Waals surface area contributed by atoms with Crippen molar-refractivity contribution < 1.29 is 38.5 Å². The number of aliphatic hydroxyl groups is 1. The van der Waals surface area contributed by atoms with Crippen molar-refractivity contribution in [3.8, 4) is 0 Å². The molecule has 0 bridgehead atoms. The van der Waals surface area contributed by atoms with Gasteiger partial charge in [-0.2, -0.15) is 4.98 Å². The summed E-state index contributed by atoms with van der Waals surface area (Å²) in [6.07, 6.45) is -3.13. The Morgan fingerprint density at radius 3 is 2.63 bits per heavy atom. The zero-order valence-electron chi connectivity index (χ0n) is 13.9. The number of anilines is 1. The van der Waals surface area contributed by atoms with Crippen LogP contribution in [0.15, 0.2) is 17.1 Å². The van der Waals surface area contributed by atoms with Gasteiger partial charge in [0.15, 0.2) is 24.3 Å². The maximum absolute atomic E-state index is 12.3. The summed E-state index contributed by atoms with van der Waals surface area (Å²) in [6.45, 7) is 0.886. The van der Waals surface area contributed by atoms with Gasteiger partial charge in [-0.15, -0.1) is 0 Å². The van der Waals surface area contributed by atoms with Gasteiger partial charge in [0.05, 0.1) is 6.61 Å². The van der Waals surface area contributed by atoms with Crippen molar-refractivity contribution in [2.75, 3.05) is 12.1 Å². The summed E-state index contributed by atoms with van der Waals surface area (Å²) in [5, 5.41) is 9.37. The molecule has 1 aromatic rings. The molecule has 27 heavy (non-hydrogen) atoms. The summed E-state index contributed by atoms with van der Waals surface area (Å²) in [4.78, 5) is 54.7. The predicted octanol–water partition coefficient (Wildman–Crippen LogP) is -2.81. The molecular formula is C14H16N4O9. The SMILES string of the molecule is C[C@H](N)C(=O)ONc1ccn([C@@H]2O[C@H](CO)[C@H]3OC(=O)C(=O)O[C@H]32)c(=O)n1. The Kier molecular flexibility index (Phi) is 5.07. The molecule has 0 amide bonds. The van der Waals surface area contributed by atoms with Gasteiger partial charge >= 0.3 is 23.6 Å². The lowest BCUT2D eigenvalue weighted by Gasteiger charge is -2.27. The molecule has 0 aromatic carbocycles. The minimum absolute atomic E-state index is 0.0782. The van der Waals surface area contributed by atoms with Crippen molar-refractivity contribution >= 4 is 23.7 Å². The van der Waals surface area contributed by atoms with E-state index in [2.05, 4.69) is 15.3 Å². The third-order valence-corrected chi connectivity index (χ3v) is 3.85. The molecule has 2 aliphatic heterocycles. The molecule has 2 fully saturated rings. The summed E-state index contributed by atoms with van der Waals surface area (Å²) >= 11 is 0. The van der Waals surface area contributed by atoms with Crippen LogP contribution in [0.3, 0.4) is 0 Å². The summed E-state index contributed by atoms with van der Waals surface area (Å²) in [5.74, 6) is -3.28. The number of ether oxygens (including phenoxy) is 3. The van der Waals surface area contributed by atoms with E-state index in [1.807, 2.05) is 0 Å². The smallest absolute Gasteiger partial charge is 0.418 e. The lowest BCUT2D eigenvalue weighted by molar-refractivity contribution is -0.195. The second-order valence-corrected chi connectivity index (χ2v) is 5.80. The molecule has 13 heteroatoms. The zero-order valence-corrected chi connectivity index (χ0v) is 13.9. The number of nitrogens with one attached hydrogen (secondary N) is 1. The highest BCUT2D eigenvalue weighted by molar-refractivity contribution is 6.30. The van der Waals surface area contributed by atoms with Crippen LogP contribution in [0.4, 0.5) is 5.82 Å². The van der Waals surface area contributed by atoms with Crippen molar-refractivity contribution in [3.05, 3.63) is 22.7 Å². The number of carbonyl (C=O) groups is 3. The molecule has 5 atom stereocenters. The lowest BCUT2D eigenvalue weighted by Crippen LogP contribution is -2.48. The number of aliphatic hydroxyl groups excluding tert-OH is 1. The molecule has 0 unspecified atom stereocenters. The van der Waals surface area contributed by atoms with Crippen LogP contribution < -0.4 is 16.9 Å². The van der Waals surface area contributed by atoms with Gasteiger partial charge < -0.3 is 29.9 Å². The minimum atomic E-state index is -1.23. The van der Waals surface area contributed by atoms with Gasteiger partial charge in [-0.05, 0) is 6.92 Å². The number of aromatic nitrogens is 2. The van der Waals surface area contributed by atoms with Crippen molar-refractivity contribution in [1.29, 1.82) is 0 Å². The van der Waals surface area contributed by atoms with E-state index in [1.54, 1.807) is 0 Å². The van der Waals surface area contributed by atoms with E-state index in [1.165, 1.54) is 19.2 Å². The largest absolute Gasteiger partial charge is 0.447 e. The second-order valence-electron chi connectivity index (χ2n) is 5.80. The Bertz CT molecular complexity index is 823. The summed E-state index contributed by atoms with van der Waals surface area (Å²) in [7, 11) is 0. The topological polar surface area (TPSA) is 181 Å². The number of rotatable bonds is 5. The molecule has 2 aliphatic rings. The van der Waals surface area contributed by atoms with Crippen LogP contribution in [0.25, 0.3) is 0 Å². The highest BCUT2D eigenvalue weighted by atomic mass is 16.7. The van der Waals surface area contributed by atoms with E-state index in [4.69, 9.17) is 19.9 Å². The number of esters is 2. The molecule has 3 heterocycles. The van der Waals surface area contributed by atoms with Crippen LogP contribution in [0.1, 0.15) is 13.2 Å². The molecule has 13 nitrogen and oxygen atoms in total. The molecular weight excluding hydrogens is 368 g/mol. The standard InChI is InChI=1S/C14H16N4O9/c1-5(15)11(20)27-17-7-2-3-18(14(23)16-7)10-9-8(6(4-19)24-10)25-12(21)13(22)26-9/h2-3,5-6,8-10,19H,4,15H2,1H3,(H,16,17,23)/t5-,6+,8+,9+,10+/m0/s1. The molecule has 1 aromatic heterocycles. The molecule has 0 radical (unpaired) electrons. The maximum Gasteiger partial charge on any atom is 0.418 e. The van der Waals surface area contributed by atoms with Crippen LogP contribution in [0, 0.1) is 0 Å². The van der Waals surface area contributed by atoms with Crippen LogP contribution in [0.2, 0.25) is 0 Å². The monoisotopic (exact) mass is 384 g/mol. The van der Waals surface area contributed by atoms with Gasteiger partial charge in [-0.25, -0.2) is 24.7 Å². The third-order valence-electron chi connectivity index (χ3n) is 3.85. The lowest BCUT2D eigenvalue weighted by atomic mass is 10.1. The van der Waals surface area contributed by atoms with Crippen molar-refractivity contribution in [1.82, 2.24) is 9.55 Å². The fourth-order valence-corrected chi connectivity index (χ4v) is 2.55. The molecule has 0 aliphatic carbocycles. The zero-order chi connectivity index (χ0) is 19.7. The van der Waals surface area contributed by atoms with Crippen molar-refractivity contribution in [3.63, 3.8) is 0 Å². The third kappa shape index (κ3) is 3.60. The Labute approximate surface area is 150 Å². The van der Waals surface area contributed by atoms with Crippen LogP contribution in [-0.4, -0.2) is 63.5 Å². The fraction of sp³-hybridized carbons (Fsp3) is 0.500. The van der Waals surface area contributed by atoms with Crippen LogP contribution in [0.5, 0.6) is 0 Å². The van der Waals surface area contributed by atoms with Gasteiger partial charge in [-0.1, -0.05) is 0 Å². The highest BCUT2D eigenvalue weighted by Crippen LogP contribution is 2.35. The first-order valence-corrected chi connectivity index (χ1v) is 7.81. The average molecular weight is 384 g/mol. The van der Waals surface area contributed by atoms with Crippen LogP contribution >= 0.6 is 0 Å². The quantitative estimate of drug-likeness (QED) is 0.205. The number of nitrogens with zero attached hydrogens (tertiary/aromatic N) is 2. The number of hydrogen-bond acceptors (Lipinski definition) is 12. The van der Waals surface area contributed by atoms with Gasteiger partial charge in [-0.3, -0.25) is 4.57 Å². The number of nitrogens with two attached hydrogens (primary N) is 1. The van der Waals surface area contributed by atoms with E-state index in [0.29, 0.717) is 0 Å². The van der Waals surface area contributed by atoms with E-state index < -0.39 is 60.8 Å². The number of fused-ring (bicyclic) bond motifs is 1. The van der Waals surface area contributed by atoms with Gasteiger partial charge in [0.2, 0.25) is 0 Å². The molecule has 3 rings (SSSR count). The summed E-state index contributed by atoms with van der Waals surface area (Å²) in [5.41, 5.74) is 6.67. The first-order valence-electron chi connectivity index (χ1n) is 7.81. The predicted molar refractivity (Wildman–Crippen MR) is 82.6 cm³/mol. The Hall–Kier alpha value is -3.03. The average Bonchev–Trinajstić information content (AvgIpc) is 2.97. The highest BCUT2D eigenvalue weighted by Gasteiger charge is 2.54. The number of hydrogen-bond donors (Lipinski definition) is 3. The summed E-state index contributed by atoms with van der Waals surface area (Å²) < 4.78 is 16.4. The van der Waals surface area contributed by atoms with Gasteiger partial charge in [0, 0.05) is 12.3 Å². The molecule has 0 saturated carbocycles. The Morgan fingerprint density at radius 2 is 2.04 bits per heavy atom. The molecule has 2 saturated heterocycles. The van der Waals surface area contributed by atoms with Gasteiger partial charge in [0.25, 0.3) is 0 Å². The van der Waals surface area contributed by atoms with E-state index in [-0.39, 0.29) is 5.82 Å². The first kappa shape index (κ1) is 18.8. The van der Waals surface area contributed by atoms with Crippen molar-refractivity contribution in [2.24, 2.45) is 5.73 Å². The fourth-order valence-electron chi connectivity index (χ4n) is 2.55. The van der Waals surface area contributed by atoms with E-state index in [9.17, 15) is 24.3 Å². The van der Waals surface area contributed by atoms with E-state index >= 15 is 0 Å². The molecule has 4 N–H and O–H groups in total. The minimum Gasteiger partial charge on any atom is -0.447 e. The van der Waals surface area contributed by atoms with E-state index in [0.717, 1.165) is 4.57 Å². The molecule has 146 valence electrons. The second kappa shape index (κ2) is 7.30. The van der Waals surface area contributed by atoms with Gasteiger partial charge in [0.1, 0.15) is 12.1 Å². The summed E-state index contributed by atoms with van der Waals surface area (Å²) in [6, 6.07) is 0.415. The maximum atomic E-state index is 12.3. The van der Waals surface area contributed by atoms with Crippen LogP contribution in [-0.2, 0) is 33.4 Å². The first-order chi connectivity index (χ1) is 12.8. The normalized spacial score (nSPS) is 28.0. The Morgan fingerprint density at radius 1 is 1.37 bits per heavy atom. The number of carbonyl (C=O) groups excluding carboxylic acids is 3. The Balaban J connectivity index is 1.79.